The van der Waals surface area contributed by atoms with Crippen LogP contribution in [-0.2, 0) is 11.3 Å². The van der Waals surface area contributed by atoms with Crippen molar-refractivity contribution in [2.75, 3.05) is 13.1 Å². The molecule has 1 aromatic rings. The third-order valence-electron chi connectivity index (χ3n) is 3.33. The molecule has 20 heavy (non-hydrogen) atoms. The minimum absolute atomic E-state index is 0.0550. The van der Waals surface area contributed by atoms with Crippen LogP contribution >= 0.6 is 0 Å². The van der Waals surface area contributed by atoms with Crippen LogP contribution in [0.25, 0.3) is 0 Å². The second-order valence-electron chi connectivity index (χ2n) is 4.76. The number of halogens is 2. The number of carbonyl (C=O) groups excluding carboxylic acids is 1. The monoisotopic (exact) mass is 284 g/mol. The van der Waals surface area contributed by atoms with E-state index < -0.39 is 6.61 Å². The van der Waals surface area contributed by atoms with Crippen molar-refractivity contribution in [2.45, 2.75) is 26.0 Å². The number of rotatable bonds is 5. The van der Waals surface area contributed by atoms with Crippen LogP contribution in [-0.4, -0.2) is 25.6 Å². The average molecular weight is 284 g/mol. The van der Waals surface area contributed by atoms with Gasteiger partial charge in [-0.3, -0.25) is 4.79 Å². The Morgan fingerprint density at radius 3 is 2.55 bits per heavy atom. The second-order valence-corrected chi connectivity index (χ2v) is 4.76. The topological polar surface area (TPSA) is 50.4 Å². The standard InChI is InChI=1S/C14H18F2N2O2/c15-14(16)20-12-3-1-10(2-4-12)9-18-13(19)11-5-7-17-8-6-11/h1-4,11,14,17H,5-9H2,(H,18,19). The molecule has 4 nitrogen and oxygen atoms in total. The Hall–Kier alpha value is -1.69. The zero-order chi connectivity index (χ0) is 14.4. The van der Waals surface area contributed by atoms with Crippen molar-refractivity contribution >= 4 is 5.91 Å². The first kappa shape index (κ1) is 14.7. The molecule has 110 valence electrons. The molecule has 0 aromatic heterocycles. The molecule has 1 aliphatic rings. The largest absolute Gasteiger partial charge is 0.435 e. The molecule has 1 fully saturated rings. The van der Waals surface area contributed by atoms with Crippen LogP contribution in [0.3, 0.4) is 0 Å². The highest BCUT2D eigenvalue weighted by Gasteiger charge is 2.20. The predicted molar refractivity (Wildman–Crippen MR) is 70.5 cm³/mol. The highest BCUT2D eigenvalue weighted by Crippen LogP contribution is 2.15. The summed E-state index contributed by atoms with van der Waals surface area (Å²) in [4.78, 5) is 11.9. The van der Waals surface area contributed by atoms with Crippen molar-refractivity contribution in [1.29, 1.82) is 0 Å². The van der Waals surface area contributed by atoms with Gasteiger partial charge in [-0.1, -0.05) is 12.1 Å². The SMILES string of the molecule is O=C(NCc1ccc(OC(F)F)cc1)C1CCNCC1. The Bertz CT molecular complexity index is 431. The fourth-order valence-electron chi connectivity index (χ4n) is 2.21. The summed E-state index contributed by atoms with van der Waals surface area (Å²) in [6.45, 7) is -0.673. The van der Waals surface area contributed by atoms with E-state index in [1.54, 1.807) is 12.1 Å². The molecule has 2 rings (SSSR count). The molecule has 0 unspecified atom stereocenters. The molecule has 0 saturated carbocycles. The first-order valence-corrected chi connectivity index (χ1v) is 6.67. The van der Waals surface area contributed by atoms with E-state index in [2.05, 4.69) is 15.4 Å². The van der Waals surface area contributed by atoms with E-state index in [0.29, 0.717) is 6.54 Å². The summed E-state index contributed by atoms with van der Waals surface area (Å²) in [5.74, 6) is 0.241. The minimum atomic E-state index is -2.82. The molecule has 0 atom stereocenters. The molecule has 0 bridgehead atoms. The molecular formula is C14H18F2N2O2. The third kappa shape index (κ3) is 4.45. The van der Waals surface area contributed by atoms with Gasteiger partial charge in [0.1, 0.15) is 5.75 Å². The Morgan fingerprint density at radius 2 is 1.95 bits per heavy atom. The van der Waals surface area contributed by atoms with Gasteiger partial charge in [0.2, 0.25) is 5.91 Å². The van der Waals surface area contributed by atoms with Crippen LogP contribution in [0.5, 0.6) is 5.75 Å². The van der Waals surface area contributed by atoms with E-state index >= 15 is 0 Å². The summed E-state index contributed by atoms with van der Waals surface area (Å²) in [5, 5.41) is 6.08. The normalized spacial score (nSPS) is 16.1. The van der Waals surface area contributed by atoms with Crippen molar-refractivity contribution in [2.24, 2.45) is 5.92 Å². The van der Waals surface area contributed by atoms with Crippen molar-refractivity contribution in [1.82, 2.24) is 10.6 Å². The summed E-state index contributed by atoms with van der Waals surface area (Å²) in [5.41, 5.74) is 0.855. The van der Waals surface area contributed by atoms with Crippen LogP contribution in [0.4, 0.5) is 8.78 Å². The second kappa shape index (κ2) is 7.19. The Balaban J connectivity index is 1.79. The van der Waals surface area contributed by atoms with Crippen LogP contribution in [0.2, 0.25) is 0 Å². The molecule has 0 spiro atoms. The van der Waals surface area contributed by atoms with E-state index in [1.165, 1.54) is 12.1 Å². The zero-order valence-electron chi connectivity index (χ0n) is 11.1. The number of carbonyl (C=O) groups is 1. The average Bonchev–Trinajstić information content (AvgIpc) is 2.46. The summed E-state index contributed by atoms with van der Waals surface area (Å²) in [6, 6.07) is 6.27. The van der Waals surface area contributed by atoms with Crippen molar-refractivity contribution < 1.29 is 18.3 Å². The van der Waals surface area contributed by atoms with Gasteiger partial charge < -0.3 is 15.4 Å². The van der Waals surface area contributed by atoms with Gasteiger partial charge in [0.15, 0.2) is 0 Å². The number of benzene rings is 1. The fourth-order valence-corrected chi connectivity index (χ4v) is 2.21. The Labute approximate surface area is 116 Å². The summed E-state index contributed by atoms with van der Waals surface area (Å²) >= 11 is 0. The zero-order valence-corrected chi connectivity index (χ0v) is 11.1. The van der Waals surface area contributed by atoms with Crippen LogP contribution < -0.4 is 15.4 Å². The smallest absolute Gasteiger partial charge is 0.387 e. The molecule has 0 radical (unpaired) electrons. The molecule has 0 aliphatic carbocycles. The maximum absolute atomic E-state index is 12.0. The lowest BCUT2D eigenvalue weighted by molar-refractivity contribution is -0.125. The van der Waals surface area contributed by atoms with Crippen LogP contribution in [0.15, 0.2) is 24.3 Å². The van der Waals surface area contributed by atoms with Crippen molar-refractivity contribution in [3.05, 3.63) is 29.8 Å². The molecule has 1 saturated heterocycles. The van der Waals surface area contributed by atoms with Crippen LogP contribution in [0, 0.1) is 5.92 Å². The molecule has 1 amide bonds. The number of hydrogen-bond donors (Lipinski definition) is 2. The van der Waals surface area contributed by atoms with Gasteiger partial charge in [-0.2, -0.15) is 8.78 Å². The lowest BCUT2D eigenvalue weighted by Crippen LogP contribution is -2.37. The molecule has 1 heterocycles. The maximum Gasteiger partial charge on any atom is 0.387 e. The van der Waals surface area contributed by atoms with E-state index in [0.717, 1.165) is 31.5 Å². The lowest BCUT2D eigenvalue weighted by atomic mass is 9.97. The van der Waals surface area contributed by atoms with Gasteiger partial charge in [-0.25, -0.2) is 0 Å². The number of alkyl halides is 2. The quantitative estimate of drug-likeness (QED) is 0.868. The van der Waals surface area contributed by atoms with Crippen molar-refractivity contribution in [3.63, 3.8) is 0 Å². The van der Waals surface area contributed by atoms with Gasteiger partial charge in [0, 0.05) is 12.5 Å². The highest BCUT2D eigenvalue weighted by molar-refractivity contribution is 5.78. The highest BCUT2D eigenvalue weighted by atomic mass is 19.3. The van der Waals surface area contributed by atoms with E-state index in [1.807, 2.05) is 0 Å². The van der Waals surface area contributed by atoms with Gasteiger partial charge in [0.05, 0.1) is 0 Å². The number of nitrogens with one attached hydrogen (secondary N) is 2. The third-order valence-corrected chi connectivity index (χ3v) is 3.33. The molecule has 1 aliphatic heterocycles. The molecule has 2 N–H and O–H groups in total. The summed E-state index contributed by atoms with van der Waals surface area (Å²) in [7, 11) is 0. The number of hydrogen-bond acceptors (Lipinski definition) is 3. The molecule has 1 aromatic carbocycles. The summed E-state index contributed by atoms with van der Waals surface area (Å²) in [6.07, 6.45) is 1.71. The maximum atomic E-state index is 12.0. The lowest BCUT2D eigenvalue weighted by Gasteiger charge is -2.21. The number of ether oxygens (including phenoxy) is 1. The van der Waals surface area contributed by atoms with Gasteiger partial charge in [0.25, 0.3) is 0 Å². The fraction of sp³-hybridized carbons (Fsp3) is 0.500. The van der Waals surface area contributed by atoms with Gasteiger partial charge in [-0.05, 0) is 43.6 Å². The Kier molecular flexibility index (Phi) is 5.29. The van der Waals surface area contributed by atoms with Crippen molar-refractivity contribution in [3.8, 4) is 5.75 Å². The number of piperidine rings is 1. The first-order chi connectivity index (χ1) is 9.65. The number of amides is 1. The first-order valence-electron chi connectivity index (χ1n) is 6.67. The molecular weight excluding hydrogens is 266 g/mol. The predicted octanol–water partition coefficient (Wildman–Crippen LogP) is 1.90. The molecule has 6 heteroatoms. The van der Waals surface area contributed by atoms with Gasteiger partial charge >= 0.3 is 6.61 Å². The van der Waals surface area contributed by atoms with Crippen LogP contribution in [0.1, 0.15) is 18.4 Å². The Morgan fingerprint density at radius 1 is 1.30 bits per heavy atom. The van der Waals surface area contributed by atoms with E-state index in [9.17, 15) is 13.6 Å². The van der Waals surface area contributed by atoms with Gasteiger partial charge in [-0.15, -0.1) is 0 Å². The minimum Gasteiger partial charge on any atom is -0.435 e. The summed E-state index contributed by atoms with van der Waals surface area (Å²) < 4.78 is 28.3. The van der Waals surface area contributed by atoms with E-state index in [-0.39, 0.29) is 17.6 Å². The van der Waals surface area contributed by atoms with E-state index in [4.69, 9.17) is 0 Å².